The van der Waals surface area contributed by atoms with Crippen LogP contribution >= 0.6 is 11.8 Å². The molecule has 1 N–H and O–H groups in total. The van der Waals surface area contributed by atoms with E-state index in [-0.39, 0.29) is 24.4 Å². The minimum atomic E-state index is -0.193. The number of aromatic nitrogens is 1. The second kappa shape index (κ2) is 9.15. The fourth-order valence-corrected chi connectivity index (χ4v) is 4.84. The summed E-state index contributed by atoms with van der Waals surface area (Å²) in [5, 5.41) is 3.40. The molecule has 2 aromatic carbocycles. The van der Waals surface area contributed by atoms with Crippen molar-refractivity contribution in [3.05, 3.63) is 71.4 Å². The number of hydrogen-bond acceptors (Lipinski definition) is 6. The molecule has 2 aliphatic rings. The summed E-state index contributed by atoms with van der Waals surface area (Å²) in [6, 6.07) is 15.0. The van der Waals surface area contributed by atoms with Gasteiger partial charge < -0.3 is 19.7 Å². The largest absolute Gasteiger partial charge is 0.454 e. The second-order valence-electron chi connectivity index (χ2n) is 7.95. The van der Waals surface area contributed by atoms with Gasteiger partial charge in [0.2, 0.25) is 12.7 Å². The molecule has 5 rings (SSSR count). The number of amides is 2. The van der Waals surface area contributed by atoms with Gasteiger partial charge in [-0.3, -0.25) is 9.59 Å². The van der Waals surface area contributed by atoms with Crippen molar-refractivity contribution in [3.63, 3.8) is 0 Å². The summed E-state index contributed by atoms with van der Waals surface area (Å²) < 4.78 is 10.6. The molecule has 3 heterocycles. The van der Waals surface area contributed by atoms with Crippen LogP contribution in [0.3, 0.4) is 0 Å². The van der Waals surface area contributed by atoms with E-state index in [1.807, 2.05) is 17.0 Å². The predicted molar refractivity (Wildman–Crippen MR) is 127 cm³/mol. The Hall–Kier alpha value is -3.52. The number of thioether (sulfide) groups is 1. The predicted octanol–water partition coefficient (Wildman–Crippen LogP) is 4.44. The minimum absolute atomic E-state index is 0.0911. The maximum atomic E-state index is 13.5. The molecule has 0 bridgehead atoms. The zero-order chi connectivity index (χ0) is 22.8. The van der Waals surface area contributed by atoms with E-state index in [1.165, 1.54) is 22.9 Å². The Balaban J connectivity index is 1.28. The van der Waals surface area contributed by atoms with E-state index in [1.54, 1.807) is 36.5 Å². The number of aryl methyl sites for hydroxylation is 2. The molecule has 2 amide bonds. The van der Waals surface area contributed by atoms with Crippen LogP contribution in [-0.4, -0.2) is 35.9 Å². The van der Waals surface area contributed by atoms with Crippen molar-refractivity contribution in [1.29, 1.82) is 0 Å². The Bertz CT molecular complexity index is 1230. The number of carbonyl (C=O) groups is 2. The number of anilines is 2. The third kappa shape index (κ3) is 4.52. The summed E-state index contributed by atoms with van der Waals surface area (Å²) in [6.07, 6.45) is 3.53. The van der Waals surface area contributed by atoms with Gasteiger partial charge in [0.25, 0.3) is 5.91 Å². The molecule has 2 aliphatic heterocycles. The van der Waals surface area contributed by atoms with Gasteiger partial charge in [-0.1, -0.05) is 29.5 Å². The van der Waals surface area contributed by atoms with Gasteiger partial charge in [-0.2, -0.15) is 0 Å². The lowest BCUT2D eigenvalue weighted by molar-refractivity contribution is -0.113. The van der Waals surface area contributed by atoms with Crippen LogP contribution in [-0.2, 0) is 11.2 Å². The molecule has 3 aromatic rings. The first-order valence-electron chi connectivity index (χ1n) is 10.8. The van der Waals surface area contributed by atoms with Gasteiger partial charge >= 0.3 is 0 Å². The Labute approximate surface area is 196 Å². The van der Waals surface area contributed by atoms with Gasteiger partial charge in [0.1, 0.15) is 5.03 Å². The Morgan fingerprint density at radius 2 is 2.00 bits per heavy atom. The number of fused-ring (bicyclic) bond motifs is 2. The Morgan fingerprint density at radius 3 is 2.91 bits per heavy atom. The van der Waals surface area contributed by atoms with Crippen molar-refractivity contribution >= 4 is 35.0 Å². The number of ether oxygens (including phenoxy) is 2. The van der Waals surface area contributed by atoms with Crippen molar-refractivity contribution in [3.8, 4) is 11.5 Å². The zero-order valence-corrected chi connectivity index (χ0v) is 19.0. The van der Waals surface area contributed by atoms with Crippen molar-refractivity contribution in [2.45, 2.75) is 24.8 Å². The van der Waals surface area contributed by atoms with Gasteiger partial charge in [-0.05, 0) is 55.7 Å². The van der Waals surface area contributed by atoms with Crippen LogP contribution < -0.4 is 19.7 Å². The van der Waals surface area contributed by atoms with E-state index in [9.17, 15) is 9.59 Å². The topological polar surface area (TPSA) is 80.8 Å². The average molecular weight is 462 g/mol. The van der Waals surface area contributed by atoms with Gasteiger partial charge in [0.05, 0.1) is 11.3 Å². The van der Waals surface area contributed by atoms with Gasteiger partial charge in [0, 0.05) is 30.2 Å². The van der Waals surface area contributed by atoms with Crippen LogP contribution in [0.4, 0.5) is 11.4 Å². The van der Waals surface area contributed by atoms with Crippen LogP contribution in [0.25, 0.3) is 0 Å². The van der Waals surface area contributed by atoms with E-state index < -0.39 is 0 Å². The van der Waals surface area contributed by atoms with Crippen molar-refractivity contribution in [1.82, 2.24) is 4.98 Å². The summed E-state index contributed by atoms with van der Waals surface area (Å²) in [7, 11) is 0. The maximum Gasteiger partial charge on any atom is 0.261 e. The molecular weight excluding hydrogens is 438 g/mol. The van der Waals surface area contributed by atoms with Crippen LogP contribution in [0.1, 0.15) is 27.9 Å². The standard InChI is InChI=1S/C25H23N3O4S/c1-16-6-8-20-17(12-16)4-3-11-28(20)25(30)19-5-2-10-26-24(19)33-14-23(29)27-18-7-9-21-22(13-18)32-15-31-21/h2,5-10,12-13H,3-4,11,14-15H2,1H3,(H,27,29). The molecule has 33 heavy (non-hydrogen) atoms. The van der Waals surface area contributed by atoms with Crippen LogP contribution in [0.5, 0.6) is 11.5 Å². The average Bonchev–Trinajstić information content (AvgIpc) is 3.30. The third-order valence-electron chi connectivity index (χ3n) is 5.60. The highest BCUT2D eigenvalue weighted by Crippen LogP contribution is 2.34. The highest BCUT2D eigenvalue weighted by Gasteiger charge is 2.26. The molecule has 0 saturated heterocycles. The number of hydrogen-bond donors (Lipinski definition) is 1. The first-order valence-corrected chi connectivity index (χ1v) is 11.8. The normalized spacial score (nSPS) is 14.0. The summed E-state index contributed by atoms with van der Waals surface area (Å²) in [5.74, 6) is 1.11. The molecule has 0 aliphatic carbocycles. The molecule has 7 nitrogen and oxygen atoms in total. The highest BCUT2D eigenvalue weighted by molar-refractivity contribution is 8.00. The molecule has 0 atom stereocenters. The molecule has 168 valence electrons. The summed E-state index contributed by atoms with van der Waals surface area (Å²) in [6.45, 7) is 2.91. The molecule has 0 fully saturated rings. The first-order chi connectivity index (χ1) is 16.1. The number of pyridine rings is 1. The quantitative estimate of drug-likeness (QED) is 0.566. The molecule has 1 aromatic heterocycles. The minimum Gasteiger partial charge on any atom is -0.454 e. The summed E-state index contributed by atoms with van der Waals surface area (Å²) in [4.78, 5) is 32.2. The third-order valence-corrected chi connectivity index (χ3v) is 6.60. The maximum absolute atomic E-state index is 13.5. The Kier molecular flexibility index (Phi) is 5.92. The number of carbonyl (C=O) groups excluding carboxylic acids is 2. The zero-order valence-electron chi connectivity index (χ0n) is 18.2. The molecular formula is C25H23N3O4S. The van der Waals surface area contributed by atoms with Crippen LogP contribution in [0.15, 0.2) is 59.8 Å². The van der Waals surface area contributed by atoms with Gasteiger partial charge in [-0.15, -0.1) is 0 Å². The molecule has 8 heteroatoms. The second-order valence-corrected chi connectivity index (χ2v) is 8.92. The van der Waals surface area contributed by atoms with E-state index in [0.29, 0.717) is 34.3 Å². The lowest BCUT2D eigenvalue weighted by Crippen LogP contribution is -2.36. The number of rotatable bonds is 5. The van der Waals surface area contributed by atoms with E-state index in [2.05, 4.69) is 23.3 Å². The number of benzene rings is 2. The first kappa shape index (κ1) is 21.3. The highest BCUT2D eigenvalue weighted by atomic mass is 32.2. The van der Waals surface area contributed by atoms with E-state index in [4.69, 9.17) is 9.47 Å². The van der Waals surface area contributed by atoms with Crippen LogP contribution in [0.2, 0.25) is 0 Å². The molecule has 0 radical (unpaired) electrons. The van der Waals surface area contributed by atoms with Gasteiger partial charge in [-0.25, -0.2) is 4.98 Å². The smallest absolute Gasteiger partial charge is 0.261 e. The Morgan fingerprint density at radius 1 is 1.12 bits per heavy atom. The SMILES string of the molecule is Cc1ccc2c(c1)CCCN2C(=O)c1cccnc1SCC(=O)Nc1ccc2c(c1)OCO2. The lowest BCUT2D eigenvalue weighted by Gasteiger charge is -2.30. The van der Waals surface area contributed by atoms with Crippen LogP contribution in [0, 0.1) is 6.92 Å². The monoisotopic (exact) mass is 461 g/mol. The van der Waals surface area contributed by atoms with Crippen molar-refractivity contribution in [2.24, 2.45) is 0 Å². The lowest BCUT2D eigenvalue weighted by atomic mass is 9.99. The molecule has 0 saturated carbocycles. The summed E-state index contributed by atoms with van der Waals surface area (Å²) >= 11 is 1.25. The van der Waals surface area contributed by atoms with Crippen molar-refractivity contribution in [2.75, 3.05) is 29.3 Å². The van der Waals surface area contributed by atoms with E-state index in [0.717, 1.165) is 18.5 Å². The number of nitrogens with one attached hydrogen (secondary N) is 1. The summed E-state index contributed by atoms with van der Waals surface area (Å²) in [5.41, 5.74) is 4.47. The molecule has 0 unspecified atom stereocenters. The number of nitrogens with zero attached hydrogens (tertiary/aromatic N) is 2. The fourth-order valence-electron chi connectivity index (χ4n) is 4.06. The molecule has 0 spiro atoms. The van der Waals surface area contributed by atoms with E-state index >= 15 is 0 Å². The van der Waals surface area contributed by atoms with Crippen molar-refractivity contribution < 1.29 is 19.1 Å². The fraction of sp³-hybridized carbons (Fsp3) is 0.240. The van der Waals surface area contributed by atoms with Gasteiger partial charge in [0.15, 0.2) is 11.5 Å².